The van der Waals surface area contributed by atoms with Crippen molar-refractivity contribution in [1.29, 1.82) is 0 Å². The van der Waals surface area contributed by atoms with Gasteiger partial charge in [-0.25, -0.2) is 18.1 Å². The molecule has 1 aromatic rings. The van der Waals surface area contributed by atoms with Crippen LogP contribution in [0.2, 0.25) is 0 Å². The summed E-state index contributed by atoms with van der Waals surface area (Å²) in [6, 6.07) is 4.16. The number of piperidine rings is 1. The van der Waals surface area contributed by atoms with Crippen LogP contribution in [-0.4, -0.2) is 69.4 Å². The molecule has 1 fully saturated rings. The van der Waals surface area contributed by atoms with Gasteiger partial charge in [0.05, 0.1) is 18.9 Å². The summed E-state index contributed by atoms with van der Waals surface area (Å²) >= 11 is 0. The van der Waals surface area contributed by atoms with Crippen molar-refractivity contribution in [3.63, 3.8) is 0 Å². The van der Waals surface area contributed by atoms with Gasteiger partial charge in [-0.15, -0.1) is 0 Å². The lowest BCUT2D eigenvalue weighted by molar-refractivity contribution is -0.142. The van der Waals surface area contributed by atoms with Gasteiger partial charge in [0.15, 0.2) is 0 Å². The molecule has 1 saturated heterocycles. The topological polar surface area (TPSA) is 101 Å². The highest BCUT2D eigenvalue weighted by Gasteiger charge is 2.30. The van der Waals surface area contributed by atoms with Crippen LogP contribution in [0, 0.1) is 0 Å². The number of pyridine rings is 1. The molecule has 0 saturated carbocycles. The lowest BCUT2D eigenvalue weighted by Crippen LogP contribution is -2.45. The molecule has 8 nitrogen and oxygen atoms in total. The zero-order valence-corrected chi connectivity index (χ0v) is 17.3. The monoisotopic (exact) mass is 410 g/mol. The quantitative estimate of drug-likeness (QED) is 0.486. The minimum atomic E-state index is -3.34. The molecule has 9 heteroatoms. The molecule has 0 spiro atoms. The maximum absolute atomic E-state index is 12.5. The van der Waals surface area contributed by atoms with Gasteiger partial charge in [-0.05, 0) is 50.2 Å². The Kier molecular flexibility index (Phi) is 7.25. The summed E-state index contributed by atoms with van der Waals surface area (Å²) in [5.74, 6) is 0.688. The molecule has 0 radical (unpaired) electrons. The summed E-state index contributed by atoms with van der Waals surface area (Å²) in [7, 11) is -1.97. The zero-order valence-electron chi connectivity index (χ0n) is 16.4. The maximum Gasteiger partial charge on any atom is 0.319 e. The number of nitrogens with one attached hydrogen (secondary N) is 2. The average Bonchev–Trinajstić information content (AvgIpc) is 2.71. The van der Waals surface area contributed by atoms with E-state index >= 15 is 0 Å². The molecule has 2 aliphatic heterocycles. The van der Waals surface area contributed by atoms with Crippen LogP contribution in [0.4, 0.5) is 5.82 Å². The fourth-order valence-corrected chi connectivity index (χ4v) is 5.23. The number of methoxy groups -OCH3 is 1. The number of sulfonamides is 1. The first-order valence-corrected chi connectivity index (χ1v) is 11.5. The number of likely N-dealkylation sites (tertiary alicyclic amines) is 1. The Morgan fingerprint density at radius 1 is 1.36 bits per heavy atom. The van der Waals surface area contributed by atoms with Crippen LogP contribution in [0.5, 0.6) is 0 Å². The van der Waals surface area contributed by atoms with Crippen molar-refractivity contribution in [1.82, 2.24) is 14.6 Å². The summed E-state index contributed by atoms with van der Waals surface area (Å²) in [4.78, 5) is 17.9. The van der Waals surface area contributed by atoms with Gasteiger partial charge in [-0.3, -0.25) is 9.69 Å². The van der Waals surface area contributed by atoms with Gasteiger partial charge >= 0.3 is 5.97 Å². The largest absolute Gasteiger partial charge is 0.468 e. The molecule has 156 valence electrons. The Labute approximate surface area is 167 Å². The van der Waals surface area contributed by atoms with Crippen molar-refractivity contribution in [2.75, 3.05) is 45.2 Å². The van der Waals surface area contributed by atoms with E-state index in [0.29, 0.717) is 38.9 Å². The SMILES string of the molecule is COC(=O)CN1CCC(S(=O)(=O)NCCCc2ccc3c(n2)NCCC3)CC1. The molecule has 0 aliphatic carbocycles. The van der Waals surface area contributed by atoms with Crippen molar-refractivity contribution < 1.29 is 17.9 Å². The maximum atomic E-state index is 12.5. The summed E-state index contributed by atoms with van der Waals surface area (Å²) < 4.78 is 32.5. The third-order valence-corrected chi connectivity index (χ3v) is 7.37. The van der Waals surface area contributed by atoms with Gasteiger partial charge in [0.25, 0.3) is 0 Å². The van der Waals surface area contributed by atoms with Crippen LogP contribution in [-0.2, 0) is 32.4 Å². The smallest absolute Gasteiger partial charge is 0.319 e. The third kappa shape index (κ3) is 5.65. The van der Waals surface area contributed by atoms with Crippen LogP contribution in [0.1, 0.15) is 36.9 Å². The van der Waals surface area contributed by atoms with Crippen molar-refractivity contribution in [2.45, 2.75) is 43.8 Å². The highest BCUT2D eigenvalue weighted by Crippen LogP contribution is 2.20. The number of aryl methyl sites for hydroxylation is 2. The molecule has 0 bridgehead atoms. The standard InChI is InChI=1S/C19H30N4O4S/c1-27-18(24)14-23-12-8-17(9-13-23)28(25,26)21-11-3-5-16-7-6-15-4-2-10-20-19(15)22-16/h6-7,17,21H,2-5,8-14H2,1H3,(H,20,22). The fraction of sp³-hybridized carbons (Fsp3) is 0.684. The van der Waals surface area contributed by atoms with Crippen LogP contribution >= 0.6 is 0 Å². The fourth-order valence-electron chi connectivity index (χ4n) is 3.73. The van der Waals surface area contributed by atoms with Gasteiger partial charge in [0, 0.05) is 31.9 Å². The first-order valence-electron chi connectivity index (χ1n) is 9.98. The van der Waals surface area contributed by atoms with E-state index in [-0.39, 0.29) is 12.5 Å². The minimum Gasteiger partial charge on any atom is -0.468 e. The van der Waals surface area contributed by atoms with Gasteiger partial charge < -0.3 is 10.1 Å². The number of carbonyl (C=O) groups is 1. The number of rotatable bonds is 8. The Morgan fingerprint density at radius 3 is 2.89 bits per heavy atom. The molecule has 0 amide bonds. The van der Waals surface area contributed by atoms with Crippen LogP contribution in [0.25, 0.3) is 0 Å². The minimum absolute atomic E-state index is 0.222. The second-order valence-electron chi connectivity index (χ2n) is 7.44. The van der Waals surface area contributed by atoms with Crippen LogP contribution < -0.4 is 10.0 Å². The van der Waals surface area contributed by atoms with Gasteiger partial charge in [0.1, 0.15) is 5.82 Å². The summed E-state index contributed by atoms with van der Waals surface area (Å²) in [5, 5.41) is 2.93. The van der Waals surface area contributed by atoms with E-state index in [0.717, 1.165) is 37.3 Å². The van der Waals surface area contributed by atoms with Crippen molar-refractivity contribution in [3.05, 3.63) is 23.4 Å². The number of esters is 1. The van der Waals surface area contributed by atoms with E-state index in [1.807, 2.05) is 11.0 Å². The first-order chi connectivity index (χ1) is 13.5. The molecule has 3 heterocycles. The van der Waals surface area contributed by atoms with Crippen molar-refractivity contribution in [3.8, 4) is 0 Å². The van der Waals surface area contributed by atoms with Crippen LogP contribution in [0.15, 0.2) is 12.1 Å². The van der Waals surface area contributed by atoms with E-state index in [9.17, 15) is 13.2 Å². The van der Waals surface area contributed by atoms with Crippen molar-refractivity contribution in [2.24, 2.45) is 0 Å². The van der Waals surface area contributed by atoms with E-state index in [1.165, 1.54) is 12.7 Å². The number of ether oxygens (including phenoxy) is 1. The Bertz CT molecular complexity index is 776. The van der Waals surface area contributed by atoms with Gasteiger partial charge in [0.2, 0.25) is 10.0 Å². The van der Waals surface area contributed by atoms with Gasteiger partial charge in [-0.2, -0.15) is 0 Å². The number of nitrogens with zero attached hydrogens (tertiary/aromatic N) is 2. The van der Waals surface area contributed by atoms with E-state index < -0.39 is 15.3 Å². The predicted molar refractivity (Wildman–Crippen MR) is 108 cm³/mol. The number of aromatic nitrogens is 1. The third-order valence-electron chi connectivity index (χ3n) is 5.42. The molecule has 28 heavy (non-hydrogen) atoms. The highest BCUT2D eigenvalue weighted by atomic mass is 32.2. The Hall–Kier alpha value is -1.71. The predicted octanol–water partition coefficient (Wildman–Crippen LogP) is 0.929. The van der Waals surface area contributed by atoms with Gasteiger partial charge in [-0.1, -0.05) is 6.07 Å². The number of hydrogen-bond donors (Lipinski definition) is 2. The molecule has 2 aliphatic rings. The molecule has 0 unspecified atom stereocenters. The second-order valence-corrected chi connectivity index (χ2v) is 9.48. The summed E-state index contributed by atoms with van der Waals surface area (Å²) in [5.41, 5.74) is 2.25. The Morgan fingerprint density at radius 2 is 2.14 bits per heavy atom. The molecule has 3 rings (SSSR count). The molecular weight excluding hydrogens is 380 g/mol. The molecule has 1 aromatic heterocycles. The lowest BCUT2D eigenvalue weighted by Gasteiger charge is -2.30. The highest BCUT2D eigenvalue weighted by molar-refractivity contribution is 7.90. The van der Waals surface area contributed by atoms with E-state index in [2.05, 4.69) is 25.8 Å². The average molecular weight is 411 g/mol. The molecule has 0 aromatic carbocycles. The normalized spacial score (nSPS) is 18.3. The van der Waals surface area contributed by atoms with Crippen molar-refractivity contribution >= 4 is 21.8 Å². The molecule has 2 N–H and O–H groups in total. The van der Waals surface area contributed by atoms with Crippen LogP contribution in [0.3, 0.4) is 0 Å². The Balaban J connectivity index is 1.40. The summed E-state index contributed by atoms with van der Waals surface area (Å²) in [6.07, 6.45) is 4.72. The number of carbonyl (C=O) groups excluding carboxylic acids is 1. The summed E-state index contributed by atoms with van der Waals surface area (Å²) in [6.45, 7) is 2.78. The second kappa shape index (κ2) is 9.67. The lowest BCUT2D eigenvalue weighted by atomic mass is 10.1. The molecule has 0 atom stereocenters. The van der Waals surface area contributed by atoms with E-state index in [4.69, 9.17) is 0 Å². The number of anilines is 1. The van der Waals surface area contributed by atoms with E-state index in [1.54, 1.807) is 0 Å². The molecular formula is C19H30N4O4S. The zero-order chi connectivity index (χ0) is 20.0. The number of hydrogen-bond acceptors (Lipinski definition) is 7. The number of fused-ring (bicyclic) bond motifs is 1. The first kappa shape index (κ1) is 21.0.